The van der Waals surface area contributed by atoms with Crippen molar-refractivity contribution in [3.05, 3.63) is 59.6 Å². The van der Waals surface area contributed by atoms with Crippen molar-refractivity contribution in [1.29, 1.82) is 0 Å². The molecule has 6 heteroatoms. The highest BCUT2D eigenvalue weighted by Gasteiger charge is 2.08. The lowest BCUT2D eigenvalue weighted by molar-refractivity contribution is -0.110. The minimum Gasteiger partial charge on any atom is -0.320 e. The number of halogens is 2. The van der Waals surface area contributed by atoms with Gasteiger partial charge in [-0.1, -0.05) is 41.4 Å². The number of nitrogens with one attached hydrogen (secondary N) is 2. The van der Waals surface area contributed by atoms with Crippen molar-refractivity contribution in [2.75, 3.05) is 10.7 Å². The minimum atomic E-state index is -0.487. The van der Waals surface area contributed by atoms with Gasteiger partial charge in [0.05, 0.1) is 5.69 Å². The smallest absolute Gasteiger partial charge is 0.287 e. The molecule has 0 bridgehead atoms. The van der Waals surface area contributed by atoms with Crippen LogP contribution in [-0.2, 0) is 4.79 Å². The van der Waals surface area contributed by atoms with Crippen molar-refractivity contribution >= 4 is 45.7 Å². The van der Waals surface area contributed by atoms with E-state index in [1.54, 1.807) is 36.4 Å². The SMILES string of the molecule is O=C(Nc1ccccc1)C(Cl)=NNc1ccc(Cl)cc1. The number of rotatable bonds is 4. The summed E-state index contributed by atoms with van der Waals surface area (Å²) in [5.74, 6) is -0.487. The fraction of sp³-hybridized carbons (Fsp3) is 0. The number of anilines is 2. The van der Waals surface area contributed by atoms with E-state index in [0.29, 0.717) is 16.4 Å². The third-order valence-electron chi connectivity index (χ3n) is 2.35. The number of amides is 1. The van der Waals surface area contributed by atoms with E-state index in [0.717, 1.165) is 0 Å². The van der Waals surface area contributed by atoms with E-state index < -0.39 is 5.91 Å². The number of hydrazone groups is 1. The largest absolute Gasteiger partial charge is 0.320 e. The number of benzene rings is 2. The average molecular weight is 308 g/mol. The third kappa shape index (κ3) is 4.26. The van der Waals surface area contributed by atoms with Crippen molar-refractivity contribution < 1.29 is 4.79 Å². The second-order valence-electron chi connectivity index (χ2n) is 3.84. The Morgan fingerprint density at radius 3 is 2.25 bits per heavy atom. The number of carbonyl (C=O) groups is 1. The van der Waals surface area contributed by atoms with Crippen LogP contribution in [0.2, 0.25) is 5.02 Å². The summed E-state index contributed by atoms with van der Waals surface area (Å²) in [4.78, 5) is 11.8. The molecule has 0 spiro atoms. The Kier molecular flexibility index (Phi) is 4.98. The Bertz CT molecular complexity index is 612. The van der Waals surface area contributed by atoms with E-state index in [-0.39, 0.29) is 5.17 Å². The molecule has 2 rings (SSSR count). The highest BCUT2D eigenvalue weighted by Crippen LogP contribution is 2.13. The Morgan fingerprint density at radius 1 is 0.950 bits per heavy atom. The Morgan fingerprint density at radius 2 is 1.60 bits per heavy atom. The maximum atomic E-state index is 11.8. The molecule has 4 nitrogen and oxygen atoms in total. The van der Waals surface area contributed by atoms with E-state index in [2.05, 4.69) is 15.8 Å². The molecule has 0 aliphatic rings. The van der Waals surface area contributed by atoms with Crippen LogP contribution in [0.15, 0.2) is 59.7 Å². The van der Waals surface area contributed by atoms with Crippen LogP contribution in [0.4, 0.5) is 11.4 Å². The van der Waals surface area contributed by atoms with Crippen LogP contribution in [0.5, 0.6) is 0 Å². The summed E-state index contributed by atoms with van der Waals surface area (Å²) < 4.78 is 0. The summed E-state index contributed by atoms with van der Waals surface area (Å²) in [5, 5.41) is 6.85. The zero-order valence-corrected chi connectivity index (χ0v) is 11.8. The van der Waals surface area contributed by atoms with Crippen molar-refractivity contribution in [2.24, 2.45) is 5.10 Å². The quantitative estimate of drug-likeness (QED) is 0.664. The first-order valence-electron chi connectivity index (χ1n) is 5.76. The van der Waals surface area contributed by atoms with E-state index in [1.165, 1.54) is 0 Å². The Hall–Kier alpha value is -2.04. The first kappa shape index (κ1) is 14.4. The molecule has 0 heterocycles. The Balaban J connectivity index is 1.96. The second-order valence-corrected chi connectivity index (χ2v) is 4.64. The normalized spacial score (nSPS) is 11.0. The molecular weight excluding hydrogens is 297 g/mol. The molecule has 20 heavy (non-hydrogen) atoms. The van der Waals surface area contributed by atoms with Gasteiger partial charge in [-0.05, 0) is 36.4 Å². The van der Waals surface area contributed by atoms with Crippen molar-refractivity contribution in [3.8, 4) is 0 Å². The molecule has 0 atom stereocenters. The Labute approximate surface area is 126 Å². The van der Waals surface area contributed by atoms with E-state index in [9.17, 15) is 4.79 Å². The maximum Gasteiger partial charge on any atom is 0.287 e. The molecule has 2 N–H and O–H groups in total. The van der Waals surface area contributed by atoms with Crippen LogP contribution in [0.25, 0.3) is 0 Å². The molecule has 1 amide bonds. The lowest BCUT2D eigenvalue weighted by Crippen LogP contribution is -2.19. The van der Waals surface area contributed by atoms with Gasteiger partial charge in [-0.3, -0.25) is 10.2 Å². The van der Waals surface area contributed by atoms with Crippen molar-refractivity contribution in [2.45, 2.75) is 0 Å². The summed E-state index contributed by atoms with van der Waals surface area (Å²) in [5.41, 5.74) is 4.01. The predicted molar refractivity (Wildman–Crippen MR) is 83.4 cm³/mol. The molecule has 0 aliphatic heterocycles. The van der Waals surface area contributed by atoms with Crippen LogP contribution < -0.4 is 10.7 Å². The third-order valence-corrected chi connectivity index (χ3v) is 2.85. The van der Waals surface area contributed by atoms with Gasteiger partial charge >= 0.3 is 0 Å². The molecule has 0 radical (unpaired) electrons. The van der Waals surface area contributed by atoms with Crippen molar-refractivity contribution in [3.63, 3.8) is 0 Å². The lowest BCUT2D eigenvalue weighted by Gasteiger charge is -2.04. The molecule has 0 saturated carbocycles. The van der Waals surface area contributed by atoms with Gasteiger partial charge in [0.15, 0.2) is 0 Å². The van der Waals surface area contributed by atoms with Gasteiger partial charge in [-0.15, -0.1) is 0 Å². The molecule has 0 saturated heterocycles. The summed E-state index contributed by atoms with van der Waals surface area (Å²) in [6.45, 7) is 0. The van der Waals surface area contributed by atoms with E-state index in [1.807, 2.05) is 18.2 Å². The molecular formula is C14H11Cl2N3O. The molecule has 0 aliphatic carbocycles. The summed E-state index contributed by atoms with van der Waals surface area (Å²) >= 11 is 11.6. The van der Waals surface area contributed by atoms with Crippen LogP contribution in [0.3, 0.4) is 0 Å². The number of hydrogen-bond acceptors (Lipinski definition) is 3. The fourth-order valence-electron chi connectivity index (χ4n) is 1.39. The second kappa shape index (κ2) is 6.93. The standard InChI is InChI=1S/C14H11Cl2N3O/c15-10-6-8-12(9-7-10)18-19-13(16)14(20)17-11-4-2-1-3-5-11/h1-9,18H,(H,17,20). The average Bonchev–Trinajstić information content (AvgIpc) is 2.47. The number of carbonyl (C=O) groups excluding carboxylic acids is 1. The van der Waals surface area contributed by atoms with Gasteiger partial charge < -0.3 is 5.32 Å². The van der Waals surface area contributed by atoms with Gasteiger partial charge in [0.2, 0.25) is 5.17 Å². The number of para-hydroxylation sites is 1. The van der Waals surface area contributed by atoms with Crippen LogP contribution in [0.1, 0.15) is 0 Å². The van der Waals surface area contributed by atoms with Crippen LogP contribution in [-0.4, -0.2) is 11.1 Å². The zero-order valence-electron chi connectivity index (χ0n) is 10.3. The van der Waals surface area contributed by atoms with Crippen molar-refractivity contribution in [1.82, 2.24) is 0 Å². The highest BCUT2D eigenvalue weighted by molar-refractivity contribution is 6.84. The molecule has 2 aromatic rings. The van der Waals surface area contributed by atoms with Gasteiger partial charge in [0, 0.05) is 10.7 Å². The molecule has 0 aromatic heterocycles. The maximum absolute atomic E-state index is 11.8. The predicted octanol–water partition coefficient (Wildman–Crippen LogP) is 3.94. The van der Waals surface area contributed by atoms with Gasteiger partial charge in [0.1, 0.15) is 0 Å². The topological polar surface area (TPSA) is 53.5 Å². The van der Waals surface area contributed by atoms with Gasteiger partial charge in [-0.2, -0.15) is 5.10 Å². The molecule has 102 valence electrons. The van der Waals surface area contributed by atoms with Gasteiger partial charge in [-0.25, -0.2) is 0 Å². The lowest BCUT2D eigenvalue weighted by atomic mass is 10.3. The first-order valence-corrected chi connectivity index (χ1v) is 6.52. The highest BCUT2D eigenvalue weighted by atomic mass is 35.5. The molecule has 0 fully saturated rings. The van der Waals surface area contributed by atoms with Gasteiger partial charge in [0.25, 0.3) is 5.91 Å². The summed E-state index contributed by atoms with van der Waals surface area (Å²) in [6, 6.07) is 15.9. The molecule has 2 aromatic carbocycles. The number of nitrogens with zero attached hydrogens (tertiary/aromatic N) is 1. The monoisotopic (exact) mass is 307 g/mol. The summed E-state index contributed by atoms with van der Waals surface area (Å²) in [6.07, 6.45) is 0. The zero-order chi connectivity index (χ0) is 14.4. The van der Waals surface area contributed by atoms with E-state index in [4.69, 9.17) is 23.2 Å². The minimum absolute atomic E-state index is 0.191. The first-order chi connectivity index (χ1) is 9.65. The molecule has 0 unspecified atom stereocenters. The van der Waals surface area contributed by atoms with Crippen LogP contribution in [0, 0.1) is 0 Å². The number of hydrogen-bond donors (Lipinski definition) is 2. The van der Waals surface area contributed by atoms with E-state index >= 15 is 0 Å². The fourth-order valence-corrected chi connectivity index (χ4v) is 1.61. The summed E-state index contributed by atoms with van der Waals surface area (Å²) in [7, 11) is 0. The van der Waals surface area contributed by atoms with Crippen LogP contribution >= 0.6 is 23.2 Å².